The first-order chi connectivity index (χ1) is 14.2. The number of rotatable bonds is 3. The number of methoxy groups -OCH3 is 1. The fourth-order valence-electron chi connectivity index (χ4n) is 3.87. The van der Waals surface area contributed by atoms with E-state index in [-0.39, 0.29) is 11.6 Å². The highest BCUT2D eigenvalue weighted by Crippen LogP contribution is 2.49. The number of ether oxygens (including phenoxy) is 2. The fraction of sp³-hybridized carbons (Fsp3) is 0.130. The van der Waals surface area contributed by atoms with Crippen LogP contribution >= 0.6 is 0 Å². The summed E-state index contributed by atoms with van der Waals surface area (Å²) in [7, 11) is 1.54. The maximum atomic E-state index is 14.6. The van der Waals surface area contributed by atoms with Gasteiger partial charge in [-0.15, -0.1) is 0 Å². The van der Waals surface area contributed by atoms with Crippen LogP contribution in [0.1, 0.15) is 29.0 Å². The number of hydrogen-bond donors (Lipinski definition) is 1. The van der Waals surface area contributed by atoms with Gasteiger partial charge in [0.25, 0.3) is 0 Å². The smallest absolute Gasteiger partial charge is 0.201 e. The van der Waals surface area contributed by atoms with E-state index in [1.807, 2.05) is 48.5 Å². The lowest BCUT2D eigenvalue weighted by molar-refractivity contribution is -0.0384. The summed E-state index contributed by atoms with van der Waals surface area (Å²) in [6.07, 6.45) is 1.02. The molecule has 0 saturated heterocycles. The normalized spacial score (nSPS) is 20.2. The van der Waals surface area contributed by atoms with Crippen molar-refractivity contribution >= 4 is 5.70 Å². The van der Waals surface area contributed by atoms with Gasteiger partial charge >= 0.3 is 0 Å². The van der Waals surface area contributed by atoms with Gasteiger partial charge in [-0.2, -0.15) is 5.01 Å². The summed E-state index contributed by atoms with van der Waals surface area (Å²) in [6, 6.07) is 18.9. The Bertz CT molecular complexity index is 1080. The molecule has 0 unspecified atom stereocenters. The van der Waals surface area contributed by atoms with E-state index in [1.165, 1.54) is 18.2 Å². The first-order valence-electron chi connectivity index (χ1n) is 9.27. The van der Waals surface area contributed by atoms with Gasteiger partial charge in [-0.05, 0) is 29.8 Å². The highest BCUT2D eigenvalue weighted by molar-refractivity contribution is 5.68. The zero-order valence-corrected chi connectivity index (χ0v) is 15.6. The lowest BCUT2D eigenvalue weighted by atomic mass is 10.00. The van der Waals surface area contributed by atoms with Gasteiger partial charge in [0.15, 0.2) is 11.5 Å². The fourth-order valence-corrected chi connectivity index (χ4v) is 3.87. The van der Waals surface area contributed by atoms with E-state index in [9.17, 15) is 8.78 Å². The predicted molar refractivity (Wildman–Crippen MR) is 105 cm³/mol. The molecule has 3 aromatic carbocycles. The average molecular weight is 392 g/mol. The number of para-hydroxylation sites is 1. The SMILES string of the molecule is COc1cccc2c1O[C@@H](c1c(F)cccc1F)N1NC(c3ccccc3)=C[C@H]21. The topological polar surface area (TPSA) is 33.7 Å². The van der Waals surface area contributed by atoms with Crippen LogP contribution in [-0.2, 0) is 0 Å². The van der Waals surface area contributed by atoms with Gasteiger partial charge in [-0.3, -0.25) is 0 Å². The van der Waals surface area contributed by atoms with Crippen molar-refractivity contribution in [1.29, 1.82) is 0 Å². The van der Waals surface area contributed by atoms with Crippen molar-refractivity contribution in [1.82, 2.24) is 10.4 Å². The first kappa shape index (κ1) is 17.7. The van der Waals surface area contributed by atoms with Crippen LogP contribution in [0.3, 0.4) is 0 Å². The van der Waals surface area contributed by atoms with Crippen LogP contribution < -0.4 is 14.9 Å². The molecule has 146 valence electrons. The molecule has 29 heavy (non-hydrogen) atoms. The summed E-state index contributed by atoms with van der Waals surface area (Å²) in [5.74, 6) is -0.328. The van der Waals surface area contributed by atoms with Gasteiger partial charge in [-0.25, -0.2) is 8.78 Å². The van der Waals surface area contributed by atoms with Gasteiger partial charge < -0.3 is 14.9 Å². The molecule has 0 saturated carbocycles. The van der Waals surface area contributed by atoms with Crippen molar-refractivity contribution in [2.75, 3.05) is 7.11 Å². The van der Waals surface area contributed by atoms with E-state index < -0.39 is 17.9 Å². The third kappa shape index (κ3) is 2.84. The standard InChI is InChI=1S/C23H18F2N2O2/c1-28-20-12-5-9-15-19-13-18(14-7-3-2-4-8-14)26-27(19)23(29-22(15)20)21-16(24)10-6-11-17(21)25/h2-13,19,23,26H,1H3/t19-,23+/m1/s1. The van der Waals surface area contributed by atoms with Crippen molar-refractivity contribution in [2.24, 2.45) is 0 Å². The van der Waals surface area contributed by atoms with E-state index in [2.05, 4.69) is 5.43 Å². The van der Waals surface area contributed by atoms with Crippen molar-refractivity contribution in [3.05, 3.63) is 101 Å². The van der Waals surface area contributed by atoms with Crippen molar-refractivity contribution in [2.45, 2.75) is 12.3 Å². The Balaban J connectivity index is 1.67. The summed E-state index contributed by atoms with van der Waals surface area (Å²) in [5.41, 5.74) is 5.81. The first-order valence-corrected chi connectivity index (χ1v) is 9.27. The molecule has 6 heteroatoms. The highest BCUT2D eigenvalue weighted by Gasteiger charge is 2.43. The molecule has 0 aliphatic carbocycles. The van der Waals surface area contributed by atoms with Crippen LogP contribution in [0.4, 0.5) is 8.78 Å². The van der Waals surface area contributed by atoms with Crippen LogP contribution in [0, 0.1) is 11.6 Å². The third-order valence-electron chi connectivity index (χ3n) is 5.24. The van der Waals surface area contributed by atoms with Crippen molar-refractivity contribution in [3.8, 4) is 11.5 Å². The molecule has 0 amide bonds. The second-order valence-electron chi connectivity index (χ2n) is 6.89. The van der Waals surface area contributed by atoms with Gasteiger partial charge in [-0.1, -0.05) is 48.5 Å². The maximum absolute atomic E-state index is 14.6. The molecular formula is C23H18F2N2O2. The summed E-state index contributed by atoms with van der Waals surface area (Å²) < 4.78 is 40.9. The average Bonchev–Trinajstić information content (AvgIpc) is 3.20. The number of hydrazine groups is 1. The molecule has 0 fully saturated rings. The lowest BCUT2D eigenvalue weighted by Crippen LogP contribution is -2.43. The zero-order chi connectivity index (χ0) is 20.0. The van der Waals surface area contributed by atoms with Gasteiger partial charge in [0.05, 0.1) is 24.4 Å². The molecule has 0 aromatic heterocycles. The quantitative estimate of drug-likeness (QED) is 0.683. The van der Waals surface area contributed by atoms with Crippen LogP contribution in [-0.4, -0.2) is 12.1 Å². The highest BCUT2D eigenvalue weighted by atomic mass is 19.1. The predicted octanol–water partition coefficient (Wildman–Crippen LogP) is 4.97. The lowest BCUT2D eigenvalue weighted by Gasteiger charge is -2.39. The number of fused-ring (bicyclic) bond motifs is 3. The minimum Gasteiger partial charge on any atom is -0.493 e. The largest absolute Gasteiger partial charge is 0.493 e. The van der Waals surface area contributed by atoms with E-state index in [1.54, 1.807) is 18.2 Å². The molecule has 0 radical (unpaired) electrons. The Kier molecular flexibility index (Phi) is 4.21. The van der Waals surface area contributed by atoms with Gasteiger partial charge in [0, 0.05) is 5.56 Å². The minimum absolute atomic E-state index is 0.149. The molecule has 0 spiro atoms. The molecule has 0 bridgehead atoms. The monoisotopic (exact) mass is 392 g/mol. The molecule has 5 rings (SSSR count). The van der Waals surface area contributed by atoms with E-state index >= 15 is 0 Å². The number of hydrogen-bond acceptors (Lipinski definition) is 4. The number of benzene rings is 3. The summed E-state index contributed by atoms with van der Waals surface area (Å²) in [5, 5.41) is 1.73. The summed E-state index contributed by atoms with van der Waals surface area (Å²) in [4.78, 5) is 0. The molecule has 3 aromatic rings. The Morgan fingerprint density at radius 3 is 2.38 bits per heavy atom. The third-order valence-corrected chi connectivity index (χ3v) is 5.24. The van der Waals surface area contributed by atoms with Crippen LogP contribution in [0.15, 0.2) is 72.8 Å². The van der Waals surface area contributed by atoms with Crippen molar-refractivity contribution in [3.63, 3.8) is 0 Å². The molecular weight excluding hydrogens is 374 g/mol. The molecule has 2 heterocycles. The Labute approximate surface area is 167 Å². The molecule has 2 atom stereocenters. The van der Waals surface area contributed by atoms with E-state index in [0.29, 0.717) is 11.5 Å². The molecule has 2 aliphatic rings. The molecule has 1 N–H and O–H groups in total. The van der Waals surface area contributed by atoms with Crippen LogP contribution in [0.25, 0.3) is 5.70 Å². The van der Waals surface area contributed by atoms with E-state index in [4.69, 9.17) is 9.47 Å². The second kappa shape index (κ2) is 6.90. The Hall–Kier alpha value is -3.38. The Morgan fingerprint density at radius 1 is 0.931 bits per heavy atom. The van der Waals surface area contributed by atoms with Crippen LogP contribution in [0.5, 0.6) is 11.5 Å². The summed E-state index contributed by atoms with van der Waals surface area (Å²) in [6.45, 7) is 0. The number of nitrogens with one attached hydrogen (secondary N) is 1. The number of halogens is 2. The zero-order valence-electron chi connectivity index (χ0n) is 15.6. The van der Waals surface area contributed by atoms with Gasteiger partial charge in [0.1, 0.15) is 11.6 Å². The molecule has 4 nitrogen and oxygen atoms in total. The minimum atomic E-state index is -1.01. The summed E-state index contributed by atoms with van der Waals surface area (Å²) >= 11 is 0. The van der Waals surface area contributed by atoms with Crippen LogP contribution in [0.2, 0.25) is 0 Å². The Morgan fingerprint density at radius 2 is 1.66 bits per heavy atom. The second-order valence-corrected chi connectivity index (χ2v) is 6.89. The number of nitrogens with zero attached hydrogens (tertiary/aromatic N) is 1. The molecule has 2 aliphatic heterocycles. The van der Waals surface area contributed by atoms with Crippen molar-refractivity contribution < 1.29 is 18.3 Å². The van der Waals surface area contributed by atoms with Gasteiger partial charge in [0.2, 0.25) is 6.23 Å². The maximum Gasteiger partial charge on any atom is 0.201 e. The van der Waals surface area contributed by atoms with E-state index in [0.717, 1.165) is 16.8 Å².